The van der Waals surface area contributed by atoms with Crippen LogP contribution >= 0.6 is 0 Å². The summed E-state index contributed by atoms with van der Waals surface area (Å²) >= 11 is 0. The van der Waals surface area contributed by atoms with Crippen molar-refractivity contribution in [1.29, 1.82) is 0 Å². The zero-order chi connectivity index (χ0) is 23.0. The van der Waals surface area contributed by atoms with Crippen molar-refractivity contribution in [1.82, 2.24) is 10.2 Å². The van der Waals surface area contributed by atoms with Crippen LogP contribution < -0.4 is 9.62 Å². The Kier molecular flexibility index (Phi) is 8.62. The molecular weight excluding hydrogens is 414 g/mol. The Labute approximate surface area is 185 Å². The minimum atomic E-state index is -3.85. The van der Waals surface area contributed by atoms with Gasteiger partial charge in [0.15, 0.2) is 0 Å². The van der Waals surface area contributed by atoms with Crippen LogP contribution in [-0.4, -0.2) is 51.8 Å². The molecule has 2 amide bonds. The maximum atomic E-state index is 13.1. The third-order valence-corrected chi connectivity index (χ3v) is 6.61. The number of nitrogens with zero attached hydrogens (tertiary/aromatic N) is 2. The number of nitrogens with one attached hydrogen (secondary N) is 1. The molecule has 0 bridgehead atoms. The normalized spacial score (nSPS) is 11.1. The SMILES string of the molecule is CCCNC(=O)CN(CCC)C(=O)c1cccc(S(=O)(=O)N(C)c2ccc(C)cc2)c1. The van der Waals surface area contributed by atoms with Crippen molar-refractivity contribution >= 4 is 27.5 Å². The maximum Gasteiger partial charge on any atom is 0.264 e. The monoisotopic (exact) mass is 445 g/mol. The summed E-state index contributed by atoms with van der Waals surface area (Å²) in [4.78, 5) is 26.6. The summed E-state index contributed by atoms with van der Waals surface area (Å²) in [6.45, 7) is 6.69. The lowest BCUT2D eigenvalue weighted by molar-refractivity contribution is -0.121. The third-order valence-electron chi connectivity index (χ3n) is 4.82. The molecule has 0 saturated heterocycles. The van der Waals surface area contributed by atoms with Crippen molar-refractivity contribution in [2.75, 3.05) is 31.0 Å². The van der Waals surface area contributed by atoms with Crippen LogP contribution in [0.25, 0.3) is 0 Å². The van der Waals surface area contributed by atoms with Crippen LogP contribution in [0.5, 0.6) is 0 Å². The fraction of sp³-hybridized carbons (Fsp3) is 0.391. The summed E-state index contributed by atoms with van der Waals surface area (Å²) in [6.07, 6.45) is 1.49. The summed E-state index contributed by atoms with van der Waals surface area (Å²) in [5.41, 5.74) is 1.79. The highest BCUT2D eigenvalue weighted by Gasteiger charge is 2.24. The van der Waals surface area contributed by atoms with Gasteiger partial charge in [0.05, 0.1) is 17.1 Å². The molecule has 0 radical (unpaired) electrons. The largest absolute Gasteiger partial charge is 0.355 e. The van der Waals surface area contributed by atoms with Gasteiger partial charge in [0.25, 0.3) is 15.9 Å². The highest BCUT2D eigenvalue weighted by atomic mass is 32.2. The highest BCUT2D eigenvalue weighted by Crippen LogP contribution is 2.23. The summed E-state index contributed by atoms with van der Waals surface area (Å²) in [7, 11) is -2.37. The van der Waals surface area contributed by atoms with E-state index in [-0.39, 0.29) is 28.8 Å². The first-order valence-electron chi connectivity index (χ1n) is 10.4. The van der Waals surface area contributed by atoms with Crippen LogP contribution in [-0.2, 0) is 14.8 Å². The third kappa shape index (κ3) is 6.30. The van der Waals surface area contributed by atoms with Crippen molar-refractivity contribution in [2.45, 2.75) is 38.5 Å². The Morgan fingerprint density at radius 1 is 1.00 bits per heavy atom. The fourth-order valence-electron chi connectivity index (χ4n) is 3.04. The minimum absolute atomic E-state index is 0.0216. The van der Waals surface area contributed by atoms with Gasteiger partial charge in [0, 0.05) is 25.7 Å². The molecule has 0 saturated carbocycles. The van der Waals surface area contributed by atoms with Crippen molar-refractivity contribution in [3.05, 3.63) is 59.7 Å². The van der Waals surface area contributed by atoms with E-state index in [0.29, 0.717) is 25.2 Å². The van der Waals surface area contributed by atoms with E-state index in [4.69, 9.17) is 0 Å². The van der Waals surface area contributed by atoms with Gasteiger partial charge in [-0.3, -0.25) is 13.9 Å². The first-order valence-corrected chi connectivity index (χ1v) is 11.9. The predicted molar refractivity (Wildman–Crippen MR) is 123 cm³/mol. The van der Waals surface area contributed by atoms with E-state index < -0.39 is 10.0 Å². The predicted octanol–water partition coefficient (Wildman–Crippen LogP) is 3.20. The summed E-state index contributed by atoms with van der Waals surface area (Å²) in [5.74, 6) is -0.602. The molecule has 8 heteroatoms. The zero-order valence-corrected chi connectivity index (χ0v) is 19.4. The molecule has 7 nitrogen and oxygen atoms in total. The quantitative estimate of drug-likeness (QED) is 0.608. The first-order chi connectivity index (χ1) is 14.7. The topological polar surface area (TPSA) is 86.8 Å². The second-order valence-corrected chi connectivity index (χ2v) is 9.38. The van der Waals surface area contributed by atoms with Crippen LogP contribution in [0.15, 0.2) is 53.4 Å². The molecule has 168 valence electrons. The number of benzene rings is 2. The van der Waals surface area contributed by atoms with E-state index in [1.165, 1.54) is 28.4 Å². The molecular formula is C23H31N3O4S. The molecule has 2 aromatic carbocycles. The molecule has 2 aromatic rings. The molecule has 0 aliphatic carbocycles. The Balaban J connectivity index is 2.28. The summed E-state index contributed by atoms with van der Waals surface area (Å²) in [6, 6.07) is 13.1. The Bertz CT molecular complexity index is 1000. The van der Waals surface area contributed by atoms with Crippen LogP contribution in [0.1, 0.15) is 42.6 Å². The van der Waals surface area contributed by atoms with Crippen LogP contribution in [0.3, 0.4) is 0 Å². The summed E-state index contributed by atoms with van der Waals surface area (Å²) in [5, 5.41) is 2.76. The van der Waals surface area contributed by atoms with Gasteiger partial charge in [-0.05, 0) is 50.1 Å². The van der Waals surface area contributed by atoms with Gasteiger partial charge in [0.1, 0.15) is 0 Å². The molecule has 0 aliphatic heterocycles. The van der Waals surface area contributed by atoms with E-state index in [9.17, 15) is 18.0 Å². The average molecular weight is 446 g/mol. The van der Waals surface area contributed by atoms with Gasteiger partial charge in [-0.1, -0.05) is 37.6 Å². The molecule has 0 unspecified atom stereocenters. The van der Waals surface area contributed by atoms with Gasteiger partial charge in [-0.25, -0.2) is 8.42 Å². The number of amides is 2. The second-order valence-electron chi connectivity index (χ2n) is 7.41. The Morgan fingerprint density at radius 3 is 2.29 bits per heavy atom. The van der Waals surface area contributed by atoms with Gasteiger partial charge in [-0.15, -0.1) is 0 Å². The van der Waals surface area contributed by atoms with Gasteiger partial charge in [-0.2, -0.15) is 0 Å². The standard InChI is InChI=1S/C23H31N3O4S/c1-5-14-24-22(27)17-26(15-6-2)23(28)19-8-7-9-21(16-19)31(29,30)25(4)20-12-10-18(3)11-13-20/h7-13,16H,5-6,14-15,17H2,1-4H3,(H,24,27). The number of sulfonamides is 1. The molecule has 0 fully saturated rings. The first kappa shape index (κ1) is 24.4. The van der Waals surface area contributed by atoms with E-state index >= 15 is 0 Å². The van der Waals surface area contributed by atoms with Crippen LogP contribution in [0, 0.1) is 6.92 Å². The fourth-order valence-corrected chi connectivity index (χ4v) is 4.28. The number of carbonyl (C=O) groups excluding carboxylic acids is 2. The number of carbonyl (C=O) groups is 2. The molecule has 1 N–H and O–H groups in total. The van der Waals surface area contributed by atoms with Crippen LogP contribution in [0.2, 0.25) is 0 Å². The van der Waals surface area contributed by atoms with Crippen molar-refractivity contribution in [3.63, 3.8) is 0 Å². The van der Waals surface area contributed by atoms with E-state index in [1.54, 1.807) is 24.3 Å². The number of rotatable bonds is 10. The van der Waals surface area contributed by atoms with Crippen molar-refractivity contribution in [2.24, 2.45) is 0 Å². The Morgan fingerprint density at radius 2 is 1.68 bits per heavy atom. The van der Waals surface area contributed by atoms with E-state index in [1.807, 2.05) is 32.9 Å². The summed E-state index contributed by atoms with van der Waals surface area (Å²) < 4.78 is 27.4. The van der Waals surface area contributed by atoms with E-state index in [0.717, 1.165) is 12.0 Å². The lowest BCUT2D eigenvalue weighted by Gasteiger charge is -2.23. The minimum Gasteiger partial charge on any atom is -0.355 e. The molecule has 0 atom stereocenters. The second kappa shape index (κ2) is 10.9. The smallest absolute Gasteiger partial charge is 0.264 e. The molecule has 31 heavy (non-hydrogen) atoms. The lowest BCUT2D eigenvalue weighted by Crippen LogP contribution is -2.41. The lowest BCUT2D eigenvalue weighted by atomic mass is 10.2. The number of hydrogen-bond acceptors (Lipinski definition) is 4. The average Bonchev–Trinajstić information content (AvgIpc) is 2.77. The number of anilines is 1. The maximum absolute atomic E-state index is 13.1. The van der Waals surface area contributed by atoms with Crippen molar-refractivity contribution < 1.29 is 18.0 Å². The van der Waals surface area contributed by atoms with Crippen LogP contribution in [0.4, 0.5) is 5.69 Å². The van der Waals surface area contributed by atoms with Crippen molar-refractivity contribution in [3.8, 4) is 0 Å². The van der Waals surface area contributed by atoms with Gasteiger partial charge in [0.2, 0.25) is 5.91 Å². The molecule has 0 spiro atoms. The molecule has 0 aliphatic rings. The highest BCUT2D eigenvalue weighted by molar-refractivity contribution is 7.92. The van der Waals surface area contributed by atoms with Gasteiger partial charge < -0.3 is 10.2 Å². The number of hydrogen-bond donors (Lipinski definition) is 1. The zero-order valence-electron chi connectivity index (χ0n) is 18.6. The Hall–Kier alpha value is -2.87. The molecule has 0 heterocycles. The van der Waals surface area contributed by atoms with E-state index in [2.05, 4.69) is 5.32 Å². The molecule has 0 aromatic heterocycles. The number of aryl methyl sites for hydroxylation is 1. The molecule has 2 rings (SSSR count). The van der Waals surface area contributed by atoms with Gasteiger partial charge >= 0.3 is 0 Å².